The Kier molecular flexibility index (Phi) is 5.43. The van der Waals surface area contributed by atoms with Crippen LogP contribution in [0, 0.1) is 0 Å². The van der Waals surface area contributed by atoms with Crippen molar-refractivity contribution >= 4 is 34.5 Å². The number of rotatable bonds is 6. The second-order valence-electron chi connectivity index (χ2n) is 5.87. The molecular formula is C19H18ClN3O3. The van der Waals surface area contributed by atoms with Crippen molar-refractivity contribution in [1.82, 2.24) is 15.6 Å². The number of aromatic amines is 1. The Morgan fingerprint density at radius 3 is 2.58 bits per heavy atom. The molecule has 2 aromatic carbocycles. The minimum absolute atomic E-state index is 0.179. The number of para-hydroxylation sites is 1. The van der Waals surface area contributed by atoms with Gasteiger partial charge in [-0.15, -0.1) is 0 Å². The number of amides is 2. The number of urea groups is 1. The van der Waals surface area contributed by atoms with Crippen molar-refractivity contribution in [2.75, 3.05) is 0 Å². The lowest BCUT2D eigenvalue weighted by atomic mass is 10.1. The van der Waals surface area contributed by atoms with Gasteiger partial charge >= 0.3 is 12.0 Å². The molecule has 0 aliphatic rings. The fraction of sp³-hybridized carbons (Fsp3) is 0.158. The van der Waals surface area contributed by atoms with Crippen LogP contribution in [-0.2, 0) is 17.8 Å². The maximum absolute atomic E-state index is 12.1. The van der Waals surface area contributed by atoms with E-state index in [1.807, 2.05) is 30.3 Å². The standard InChI is InChI=1S/C19H18ClN3O3/c20-15-7-3-1-5-12(15)10-22-19(26)23-17(18(24)25)9-13-11-21-16-8-4-2-6-14(13)16/h1-8,11,17,21H,9-10H2,(H,24,25)(H2,22,23,26)/t17-/m1/s1. The Morgan fingerprint density at radius 2 is 1.81 bits per heavy atom. The van der Waals surface area contributed by atoms with Gasteiger partial charge in [0.05, 0.1) is 0 Å². The van der Waals surface area contributed by atoms with Crippen molar-refractivity contribution in [1.29, 1.82) is 0 Å². The fourth-order valence-electron chi connectivity index (χ4n) is 2.75. The predicted octanol–water partition coefficient (Wildman–Crippen LogP) is 3.32. The summed E-state index contributed by atoms with van der Waals surface area (Å²) in [7, 11) is 0. The number of halogens is 1. The highest BCUT2D eigenvalue weighted by molar-refractivity contribution is 6.31. The average molecular weight is 372 g/mol. The third-order valence-electron chi connectivity index (χ3n) is 4.10. The Morgan fingerprint density at radius 1 is 1.08 bits per heavy atom. The zero-order chi connectivity index (χ0) is 18.5. The van der Waals surface area contributed by atoms with Crippen LogP contribution in [0.15, 0.2) is 54.7 Å². The van der Waals surface area contributed by atoms with Gasteiger partial charge in [-0.25, -0.2) is 9.59 Å². The van der Waals surface area contributed by atoms with Crippen LogP contribution in [0.4, 0.5) is 4.79 Å². The molecular weight excluding hydrogens is 354 g/mol. The molecule has 0 bridgehead atoms. The lowest BCUT2D eigenvalue weighted by Crippen LogP contribution is -2.46. The number of nitrogens with one attached hydrogen (secondary N) is 3. The van der Waals surface area contributed by atoms with Crippen molar-refractivity contribution in [2.24, 2.45) is 0 Å². The van der Waals surface area contributed by atoms with Gasteiger partial charge in [0.2, 0.25) is 0 Å². The van der Waals surface area contributed by atoms with Gasteiger partial charge in [-0.1, -0.05) is 48.0 Å². The normalized spacial score (nSPS) is 11.9. The monoisotopic (exact) mass is 371 g/mol. The second kappa shape index (κ2) is 7.93. The molecule has 0 radical (unpaired) electrons. The summed E-state index contributed by atoms with van der Waals surface area (Å²) in [6, 6.07) is 13.2. The van der Waals surface area contributed by atoms with E-state index in [-0.39, 0.29) is 13.0 Å². The van der Waals surface area contributed by atoms with Crippen LogP contribution in [-0.4, -0.2) is 28.1 Å². The number of carboxylic acids is 1. The highest BCUT2D eigenvalue weighted by Crippen LogP contribution is 2.19. The first-order valence-corrected chi connectivity index (χ1v) is 8.48. The summed E-state index contributed by atoms with van der Waals surface area (Å²) in [6.45, 7) is 0.213. The second-order valence-corrected chi connectivity index (χ2v) is 6.28. The molecule has 26 heavy (non-hydrogen) atoms. The molecule has 0 aliphatic carbocycles. The van der Waals surface area contributed by atoms with Gasteiger partial charge in [-0.3, -0.25) is 0 Å². The Bertz CT molecular complexity index is 938. The van der Waals surface area contributed by atoms with Crippen LogP contribution in [0.25, 0.3) is 10.9 Å². The van der Waals surface area contributed by atoms with Gasteiger partial charge in [0, 0.05) is 35.1 Å². The summed E-state index contributed by atoms with van der Waals surface area (Å²) in [6.07, 6.45) is 1.95. The minimum Gasteiger partial charge on any atom is -0.480 e. The number of H-pyrrole nitrogens is 1. The third-order valence-corrected chi connectivity index (χ3v) is 4.47. The molecule has 6 nitrogen and oxygen atoms in total. The molecule has 0 spiro atoms. The van der Waals surface area contributed by atoms with Gasteiger partial charge in [-0.2, -0.15) is 0 Å². The molecule has 1 atom stereocenters. The van der Waals surface area contributed by atoms with Crippen molar-refractivity contribution < 1.29 is 14.7 Å². The van der Waals surface area contributed by atoms with Gasteiger partial charge in [0.15, 0.2) is 0 Å². The highest BCUT2D eigenvalue weighted by Gasteiger charge is 2.21. The summed E-state index contributed by atoms with van der Waals surface area (Å²) in [5.74, 6) is -1.09. The SMILES string of the molecule is O=C(NCc1ccccc1Cl)N[C@H](Cc1c[nH]c2ccccc12)C(=O)O. The van der Waals surface area contributed by atoms with Crippen LogP contribution < -0.4 is 10.6 Å². The molecule has 134 valence electrons. The first kappa shape index (κ1) is 17.8. The average Bonchev–Trinajstić information content (AvgIpc) is 3.03. The first-order valence-electron chi connectivity index (χ1n) is 8.10. The number of carbonyl (C=O) groups excluding carboxylic acids is 1. The van der Waals surface area contributed by atoms with E-state index in [0.717, 1.165) is 22.0 Å². The molecule has 2 amide bonds. The molecule has 1 heterocycles. The van der Waals surface area contributed by atoms with E-state index in [2.05, 4.69) is 15.6 Å². The molecule has 1 aromatic heterocycles. The largest absolute Gasteiger partial charge is 0.480 e. The van der Waals surface area contributed by atoms with Crippen molar-refractivity contribution in [3.63, 3.8) is 0 Å². The molecule has 0 fully saturated rings. The Hall–Kier alpha value is -2.99. The van der Waals surface area contributed by atoms with Gasteiger partial charge in [0.1, 0.15) is 6.04 Å². The number of carboxylic acid groups (broad SMARTS) is 1. The van der Waals surface area contributed by atoms with Crippen LogP contribution in [0.3, 0.4) is 0 Å². The molecule has 3 aromatic rings. The summed E-state index contributed by atoms with van der Waals surface area (Å²) in [5, 5.41) is 16.1. The van der Waals surface area contributed by atoms with Gasteiger partial charge < -0.3 is 20.7 Å². The fourth-order valence-corrected chi connectivity index (χ4v) is 2.95. The van der Waals surface area contributed by atoms with Crippen molar-refractivity contribution in [3.8, 4) is 0 Å². The topological polar surface area (TPSA) is 94.2 Å². The van der Waals surface area contributed by atoms with Crippen molar-refractivity contribution in [2.45, 2.75) is 19.0 Å². The Balaban J connectivity index is 1.64. The first-order chi connectivity index (χ1) is 12.5. The minimum atomic E-state index is -1.09. The van der Waals surface area contributed by atoms with E-state index in [4.69, 9.17) is 11.6 Å². The van der Waals surface area contributed by atoms with E-state index < -0.39 is 18.0 Å². The number of benzene rings is 2. The smallest absolute Gasteiger partial charge is 0.326 e. The molecule has 7 heteroatoms. The van der Waals surface area contributed by atoms with E-state index >= 15 is 0 Å². The number of hydrogen-bond acceptors (Lipinski definition) is 2. The molecule has 0 aliphatic heterocycles. The molecule has 3 rings (SSSR count). The van der Waals surface area contributed by atoms with Crippen LogP contribution in [0.1, 0.15) is 11.1 Å². The molecule has 0 unspecified atom stereocenters. The van der Waals surface area contributed by atoms with E-state index in [9.17, 15) is 14.7 Å². The van der Waals surface area contributed by atoms with E-state index in [1.165, 1.54) is 0 Å². The lowest BCUT2D eigenvalue weighted by Gasteiger charge is -2.15. The summed E-state index contributed by atoms with van der Waals surface area (Å²) in [5.41, 5.74) is 2.52. The van der Waals surface area contributed by atoms with E-state index in [0.29, 0.717) is 5.02 Å². The maximum Gasteiger partial charge on any atom is 0.326 e. The number of aliphatic carboxylic acids is 1. The molecule has 0 saturated heterocycles. The van der Waals surface area contributed by atoms with E-state index in [1.54, 1.807) is 24.4 Å². The van der Waals surface area contributed by atoms with Crippen molar-refractivity contribution in [3.05, 3.63) is 70.9 Å². The van der Waals surface area contributed by atoms with Crippen LogP contribution in [0.2, 0.25) is 5.02 Å². The number of carbonyl (C=O) groups is 2. The number of aromatic nitrogens is 1. The summed E-state index contributed by atoms with van der Waals surface area (Å²) >= 11 is 6.04. The zero-order valence-corrected chi connectivity index (χ0v) is 14.6. The third kappa shape index (κ3) is 4.15. The summed E-state index contributed by atoms with van der Waals surface area (Å²) < 4.78 is 0. The lowest BCUT2D eigenvalue weighted by molar-refractivity contribution is -0.139. The van der Waals surface area contributed by atoms with Gasteiger partial charge in [-0.05, 0) is 23.3 Å². The summed E-state index contributed by atoms with van der Waals surface area (Å²) in [4.78, 5) is 26.8. The zero-order valence-electron chi connectivity index (χ0n) is 13.8. The molecule has 4 N–H and O–H groups in total. The highest BCUT2D eigenvalue weighted by atomic mass is 35.5. The maximum atomic E-state index is 12.1. The van der Waals surface area contributed by atoms with Gasteiger partial charge in [0.25, 0.3) is 0 Å². The molecule has 0 saturated carbocycles. The predicted molar refractivity (Wildman–Crippen MR) is 100 cm³/mol. The Labute approximate surface area is 155 Å². The number of hydrogen-bond donors (Lipinski definition) is 4. The van der Waals surface area contributed by atoms with Crippen LogP contribution >= 0.6 is 11.6 Å². The quantitative estimate of drug-likeness (QED) is 0.535. The van der Waals surface area contributed by atoms with Crippen LogP contribution in [0.5, 0.6) is 0 Å². The number of fused-ring (bicyclic) bond motifs is 1.